The van der Waals surface area contributed by atoms with E-state index in [2.05, 4.69) is 21.6 Å². The van der Waals surface area contributed by atoms with E-state index in [1.165, 1.54) is 7.11 Å². The maximum Gasteiger partial charge on any atom is 0.327 e. The van der Waals surface area contributed by atoms with Crippen LogP contribution in [0, 0.1) is 6.92 Å². The van der Waals surface area contributed by atoms with E-state index in [9.17, 15) is 4.79 Å². The van der Waals surface area contributed by atoms with Gasteiger partial charge in [-0.2, -0.15) is 5.10 Å². The number of hydrogen-bond acceptors (Lipinski definition) is 4. The van der Waals surface area contributed by atoms with Gasteiger partial charge in [0.1, 0.15) is 6.04 Å². The number of benzene rings is 2. The van der Waals surface area contributed by atoms with Crippen molar-refractivity contribution in [2.75, 3.05) is 7.11 Å². The number of carbonyl (C=O) groups is 1. The first-order chi connectivity index (χ1) is 11.2. The number of H-pyrrole nitrogens is 1. The number of esters is 1. The molecule has 1 heterocycles. The van der Waals surface area contributed by atoms with E-state index in [0.717, 1.165) is 27.6 Å². The fourth-order valence-electron chi connectivity index (χ4n) is 2.61. The van der Waals surface area contributed by atoms with E-state index in [0.29, 0.717) is 6.54 Å². The zero-order chi connectivity index (χ0) is 16.2. The van der Waals surface area contributed by atoms with E-state index in [4.69, 9.17) is 4.74 Å². The summed E-state index contributed by atoms with van der Waals surface area (Å²) in [5, 5.41) is 12.4. The molecule has 3 aromatic rings. The predicted molar refractivity (Wildman–Crippen MR) is 88.9 cm³/mol. The number of carbonyl (C=O) groups excluding carboxylic acids is 1. The normalized spacial score (nSPS) is 12.3. The third kappa shape index (κ3) is 3.24. The van der Waals surface area contributed by atoms with Crippen molar-refractivity contribution in [1.29, 1.82) is 0 Å². The van der Waals surface area contributed by atoms with Crippen LogP contribution in [0.3, 0.4) is 0 Å². The second-order valence-corrected chi connectivity index (χ2v) is 5.46. The van der Waals surface area contributed by atoms with Crippen molar-refractivity contribution in [3.05, 3.63) is 65.5 Å². The van der Waals surface area contributed by atoms with Gasteiger partial charge in [0.05, 0.1) is 13.3 Å². The minimum absolute atomic E-state index is 0.304. The molecule has 0 aliphatic heterocycles. The summed E-state index contributed by atoms with van der Waals surface area (Å²) in [6.07, 6.45) is 1.76. The first-order valence-corrected chi connectivity index (χ1v) is 7.48. The minimum Gasteiger partial charge on any atom is -0.468 e. The number of methoxy groups -OCH3 is 1. The number of ether oxygens (including phenoxy) is 1. The van der Waals surface area contributed by atoms with Crippen molar-refractivity contribution < 1.29 is 9.53 Å². The maximum absolute atomic E-state index is 12.2. The third-order valence-electron chi connectivity index (χ3n) is 3.97. The fourth-order valence-corrected chi connectivity index (χ4v) is 2.61. The number of aryl methyl sites for hydroxylation is 1. The third-order valence-corrected chi connectivity index (χ3v) is 3.97. The number of aromatic nitrogens is 2. The van der Waals surface area contributed by atoms with Crippen molar-refractivity contribution in [3.63, 3.8) is 0 Å². The van der Waals surface area contributed by atoms with Gasteiger partial charge in [0.25, 0.3) is 0 Å². The molecule has 5 nitrogen and oxygen atoms in total. The van der Waals surface area contributed by atoms with E-state index in [-0.39, 0.29) is 5.97 Å². The van der Waals surface area contributed by atoms with Gasteiger partial charge >= 0.3 is 5.97 Å². The molecule has 0 saturated heterocycles. The van der Waals surface area contributed by atoms with Gasteiger partial charge in [-0.25, -0.2) is 4.79 Å². The molecule has 0 radical (unpaired) electrons. The Balaban J connectivity index is 1.88. The van der Waals surface area contributed by atoms with Gasteiger partial charge in [-0.15, -0.1) is 0 Å². The van der Waals surface area contributed by atoms with E-state index in [1.54, 1.807) is 6.20 Å². The minimum atomic E-state index is -0.515. The SMILES string of the molecule is COC(=O)[C@@H](NCc1cn[nH]c1C)c1ccc2ccccc2c1. The zero-order valence-corrected chi connectivity index (χ0v) is 13.2. The van der Waals surface area contributed by atoms with Crippen LogP contribution in [-0.4, -0.2) is 23.3 Å². The van der Waals surface area contributed by atoms with Crippen LogP contribution < -0.4 is 5.32 Å². The summed E-state index contributed by atoms with van der Waals surface area (Å²) in [5.74, 6) is -0.304. The van der Waals surface area contributed by atoms with Gasteiger partial charge in [0.2, 0.25) is 0 Å². The van der Waals surface area contributed by atoms with Gasteiger partial charge in [0.15, 0.2) is 0 Å². The highest BCUT2D eigenvalue weighted by molar-refractivity contribution is 5.85. The summed E-state index contributed by atoms with van der Waals surface area (Å²) in [6.45, 7) is 2.49. The van der Waals surface area contributed by atoms with Crippen molar-refractivity contribution in [1.82, 2.24) is 15.5 Å². The Labute approximate surface area is 134 Å². The van der Waals surface area contributed by atoms with Crippen molar-refractivity contribution in [2.45, 2.75) is 19.5 Å². The summed E-state index contributed by atoms with van der Waals surface area (Å²) >= 11 is 0. The van der Waals surface area contributed by atoms with E-state index in [1.807, 2.05) is 43.3 Å². The summed E-state index contributed by atoms with van der Waals surface area (Å²) in [4.78, 5) is 12.2. The van der Waals surface area contributed by atoms with Crippen LogP contribution in [0.1, 0.15) is 22.9 Å². The molecule has 2 aromatic carbocycles. The molecule has 0 aliphatic carbocycles. The molecule has 0 fully saturated rings. The standard InChI is InChI=1S/C18H19N3O2/c1-12-16(11-20-21-12)10-19-17(18(22)23-2)15-8-7-13-5-3-4-6-14(13)9-15/h3-9,11,17,19H,10H2,1-2H3,(H,20,21)/t17-/m0/s1. The molecule has 0 spiro atoms. The second kappa shape index (κ2) is 6.62. The lowest BCUT2D eigenvalue weighted by Crippen LogP contribution is -2.29. The molecule has 1 aromatic heterocycles. The Morgan fingerprint density at radius 2 is 2.04 bits per heavy atom. The van der Waals surface area contributed by atoms with Gasteiger partial charge in [-0.3, -0.25) is 10.4 Å². The fraction of sp³-hybridized carbons (Fsp3) is 0.222. The number of hydrogen-bond donors (Lipinski definition) is 2. The highest BCUT2D eigenvalue weighted by Gasteiger charge is 2.21. The van der Waals surface area contributed by atoms with Gasteiger partial charge < -0.3 is 4.74 Å². The van der Waals surface area contributed by atoms with Gasteiger partial charge in [-0.05, 0) is 29.3 Å². The van der Waals surface area contributed by atoms with Crippen LogP contribution in [0.5, 0.6) is 0 Å². The monoisotopic (exact) mass is 309 g/mol. The smallest absolute Gasteiger partial charge is 0.327 e. The number of aromatic amines is 1. The molecule has 2 N–H and O–H groups in total. The van der Waals surface area contributed by atoms with Gasteiger partial charge in [0, 0.05) is 17.8 Å². The molecule has 0 bridgehead atoms. The molecule has 23 heavy (non-hydrogen) atoms. The molecule has 1 atom stereocenters. The number of nitrogens with zero attached hydrogens (tertiary/aromatic N) is 1. The first kappa shape index (κ1) is 15.2. The molecule has 0 amide bonds. The maximum atomic E-state index is 12.2. The van der Waals surface area contributed by atoms with E-state index >= 15 is 0 Å². The number of rotatable bonds is 5. The molecular formula is C18H19N3O2. The summed E-state index contributed by atoms with van der Waals surface area (Å²) in [5.41, 5.74) is 2.90. The highest BCUT2D eigenvalue weighted by atomic mass is 16.5. The summed E-state index contributed by atoms with van der Waals surface area (Å²) < 4.78 is 4.95. The average molecular weight is 309 g/mol. The van der Waals surface area contributed by atoms with Crippen LogP contribution in [-0.2, 0) is 16.1 Å². The molecule has 3 rings (SSSR count). The van der Waals surface area contributed by atoms with Crippen LogP contribution >= 0.6 is 0 Å². The van der Waals surface area contributed by atoms with E-state index < -0.39 is 6.04 Å². The topological polar surface area (TPSA) is 67.0 Å². The van der Waals surface area contributed by atoms with Crippen LogP contribution in [0.4, 0.5) is 0 Å². The Bertz CT molecular complexity index is 826. The van der Waals surface area contributed by atoms with Crippen LogP contribution in [0.2, 0.25) is 0 Å². The van der Waals surface area contributed by atoms with Crippen molar-refractivity contribution in [3.8, 4) is 0 Å². The molecule has 5 heteroatoms. The summed E-state index contributed by atoms with van der Waals surface area (Å²) in [6, 6.07) is 13.6. The van der Waals surface area contributed by atoms with Crippen LogP contribution in [0.15, 0.2) is 48.7 Å². The van der Waals surface area contributed by atoms with Crippen LogP contribution in [0.25, 0.3) is 10.8 Å². The summed E-state index contributed by atoms with van der Waals surface area (Å²) in [7, 11) is 1.40. The molecule has 0 saturated carbocycles. The lowest BCUT2D eigenvalue weighted by Gasteiger charge is -2.17. The van der Waals surface area contributed by atoms with Crippen molar-refractivity contribution in [2.24, 2.45) is 0 Å². The number of nitrogens with one attached hydrogen (secondary N) is 2. The second-order valence-electron chi connectivity index (χ2n) is 5.46. The molecule has 118 valence electrons. The Kier molecular flexibility index (Phi) is 4.39. The van der Waals surface area contributed by atoms with Gasteiger partial charge in [-0.1, -0.05) is 36.4 Å². The average Bonchev–Trinajstić information content (AvgIpc) is 2.99. The Hall–Kier alpha value is -2.66. The largest absolute Gasteiger partial charge is 0.468 e. The zero-order valence-electron chi connectivity index (χ0n) is 13.2. The highest BCUT2D eigenvalue weighted by Crippen LogP contribution is 2.22. The quantitative estimate of drug-likeness (QED) is 0.711. The lowest BCUT2D eigenvalue weighted by atomic mass is 10.0. The predicted octanol–water partition coefficient (Wildman–Crippen LogP) is 2.88. The Morgan fingerprint density at radius 1 is 1.26 bits per heavy atom. The molecular weight excluding hydrogens is 290 g/mol. The first-order valence-electron chi connectivity index (χ1n) is 7.48. The van der Waals surface area contributed by atoms with Crippen molar-refractivity contribution >= 4 is 16.7 Å². The number of fused-ring (bicyclic) bond motifs is 1. The Morgan fingerprint density at radius 3 is 2.74 bits per heavy atom. The molecule has 0 unspecified atom stereocenters. The lowest BCUT2D eigenvalue weighted by molar-refractivity contribution is -0.143. The molecule has 0 aliphatic rings.